The van der Waals surface area contributed by atoms with E-state index in [4.69, 9.17) is 16.0 Å². The van der Waals surface area contributed by atoms with Crippen LogP contribution in [0.25, 0.3) is 11.0 Å². The van der Waals surface area contributed by atoms with E-state index in [1.165, 1.54) is 7.11 Å². The Morgan fingerprint density at radius 3 is 2.71 bits per heavy atom. The minimum absolute atomic E-state index is 0.157. The fourth-order valence-electron chi connectivity index (χ4n) is 1.67. The fourth-order valence-corrected chi connectivity index (χ4v) is 1.94. The number of benzene rings is 1. The summed E-state index contributed by atoms with van der Waals surface area (Å²) in [7, 11) is 1.25. The SMILES string of the molecule is COC(=O)c1cc(=O)oc2c(C)cc(Cl)cc12. The largest absolute Gasteiger partial charge is 0.465 e. The van der Waals surface area contributed by atoms with Gasteiger partial charge in [0.15, 0.2) is 0 Å². The van der Waals surface area contributed by atoms with Crippen molar-refractivity contribution in [2.45, 2.75) is 6.92 Å². The molecule has 2 rings (SSSR count). The minimum Gasteiger partial charge on any atom is -0.465 e. The highest BCUT2D eigenvalue weighted by Gasteiger charge is 2.15. The fraction of sp³-hybridized carbons (Fsp3) is 0.167. The summed E-state index contributed by atoms with van der Waals surface area (Å²) in [5.41, 5.74) is 0.602. The summed E-state index contributed by atoms with van der Waals surface area (Å²) < 4.78 is 9.68. The number of ether oxygens (including phenoxy) is 1. The second kappa shape index (κ2) is 4.22. The normalized spacial score (nSPS) is 10.5. The van der Waals surface area contributed by atoms with E-state index in [1.807, 2.05) is 0 Å². The molecule has 0 fully saturated rings. The minimum atomic E-state index is -0.594. The third-order valence-electron chi connectivity index (χ3n) is 2.40. The Hall–Kier alpha value is -1.81. The number of hydrogen-bond acceptors (Lipinski definition) is 4. The predicted molar refractivity (Wildman–Crippen MR) is 63.6 cm³/mol. The molecule has 17 heavy (non-hydrogen) atoms. The van der Waals surface area contributed by atoms with E-state index in [-0.39, 0.29) is 5.56 Å². The van der Waals surface area contributed by atoms with Crippen molar-refractivity contribution < 1.29 is 13.9 Å². The van der Waals surface area contributed by atoms with Crippen LogP contribution < -0.4 is 5.63 Å². The highest BCUT2D eigenvalue weighted by molar-refractivity contribution is 6.31. The summed E-state index contributed by atoms with van der Waals surface area (Å²) >= 11 is 5.91. The summed E-state index contributed by atoms with van der Waals surface area (Å²) in [6, 6.07) is 4.33. The summed E-state index contributed by atoms with van der Waals surface area (Å²) in [6.45, 7) is 1.75. The van der Waals surface area contributed by atoms with Crippen LogP contribution in [-0.4, -0.2) is 13.1 Å². The quantitative estimate of drug-likeness (QED) is 0.578. The number of methoxy groups -OCH3 is 1. The van der Waals surface area contributed by atoms with Gasteiger partial charge in [0.1, 0.15) is 5.58 Å². The van der Waals surface area contributed by atoms with Gasteiger partial charge in [0.05, 0.1) is 12.7 Å². The van der Waals surface area contributed by atoms with Gasteiger partial charge in [0, 0.05) is 16.5 Å². The number of carbonyl (C=O) groups excluding carboxylic acids is 1. The molecule has 0 unspecified atom stereocenters. The highest BCUT2D eigenvalue weighted by Crippen LogP contribution is 2.25. The summed E-state index contributed by atoms with van der Waals surface area (Å²) in [4.78, 5) is 22.9. The van der Waals surface area contributed by atoms with Gasteiger partial charge < -0.3 is 9.15 Å². The van der Waals surface area contributed by atoms with E-state index in [9.17, 15) is 9.59 Å². The van der Waals surface area contributed by atoms with Crippen LogP contribution in [0.3, 0.4) is 0 Å². The van der Waals surface area contributed by atoms with Crippen LogP contribution in [0.4, 0.5) is 0 Å². The van der Waals surface area contributed by atoms with E-state index in [2.05, 4.69) is 4.74 Å². The third kappa shape index (κ3) is 2.03. The first-order valence-corrected chi connectivity index (χ1v) is 5.23. The first-order chi connectivity index (χ1) is 8.02. The molecule has 5 heteroatoms. The van der Waals surface area contributed by atoms with Gasteiger partial charge in [-0.05, 0) is 24.6 Å². The number of rotatable bonds is 1. The van der Waals surface area contributed by atoms with Crippen molar-refractivity contribution in [1.82, 2.24) is 0 Å². The Labute approximate surface area is 102 Å². The third-order valence-corrected chi connectivity index (χ3v) is 2.62. The van der Waals surface area contributed by atoms with Gasteiger partial charge in [-0.15, -0.1) is 0 Å². The molecule has 88 valence electrons. The molecular formula is C12H9ClO4. The lowest BCUT2D eigenvalue weighted by atomic mass is 10.1. The van der Waals surface area contributed by atoms with Crippen molar-refractivity contribution in [3.8, 4) is 0 Å². The van der Waals surface area contributed by atoms with Crippen molar-refractivity contribution in [3.05, 3.63) is 44.8 Å². The molecule has 1 aromatic heterocycles. The summed E-state index contributed by atoms with van der Waals surface area (Å²) in [5, 5.41) is 0.940. The van der Waals surface area contributed by atoms with Gasteiger partial charge in [-0.3, -0.25) is 0 Å². The van der Waals surface area contributed by atoms with Crippen LogP contribution in [0.15, 0.2) is 27.4 Å². The van der Waals surface area contributed by atoms with Crippen LogP contribution in [0.2, 0.25) is 5.02 Å². The number of aryl methyl sites for hydroxylation is 1. The van der Waals surface area contributed by atoms with Gasteiger partial charge in [-0.25, -0.2) is 9.59 Å². The molecule has 0 bridgehead atoms. The molecule has 4 nitrogen and oxygen atoms in total. The standard InChI is InChI=1S/C12H9ClO4/c1-6-3-7(13)4-8-9(12(15)16-2)5-10(14)17-11(6)8/h3-5H,1-2H3. The van der Waals surface area contributed by atoms with E-state index in [0.29, 0.717) is 21.6 Å². The maximum Gasteiger partial charge on any atom is 0.338 e. The Morgan fingerprint density at radius 2 is 2.06 bits per heavy atom. The predicted octanol–water partition coefficient (Wildman–Crippen LogP) is 2.54. The molecule has 0 amide bonds. The molecule has 0 saturated heterocycles. The molecule has 1 aromatic carbocycles. The first kappa shape index (κ1) is 11.7. The Balaban J connectivity index is 2.92. The Morgan fingerprint density at radius 1 is 1.35 bits per heavy atom. The zero-order valence-electron chi connectivity index (χ0n) is 9.24. The van der Waals surface area contributed by atoms with Crippen molar-refractivity contribution >= 4 is 28.5 Å². The van der Waals surface area contributed by atoms with E-state index in [1.54, 1.807) is 19.1 Å². The molecule has 0 spiro atoms. The average molecular weight is 253 g/mol. The van der Waals surface area contributed by atoms with Gasteiger partial charge in [-0.1, -0.05) is 11.6 Å². The monoisotopic (exact) mass is 252 g/mol. The molecular weight excluding hydrogens is 244 g/mol. The molecule has 2 aromatic rings. The van der Waals surface area contributed by atoms with E-state index in [0.717, 1.165) is 6.07 Å². The number of fused-ring (bicyclic) bond motifs is 1. The second-order valence-corrected chi connectivity index (χ2v) is 4.01. The number of esters is 1. The lowest BCUT2D eigenvalue weighted by Gasteiger charge is -2.05. The number of halogens is 1. The Kier molecular flexibility index (Phi) is 2.90. The topological polar surface area (TPSA) is 56.5 Å². The smallest absolute Gasteiger partial charge is 0.338 e. The first-order valence-electron chi connectivity index (χ1n) is 4.85. The average Bonchev–Trinajstić information content (AvgIpc) is 2.28. The highest BCUT2D eigenvalue weighted by atomic mass is 35.5. The maximum absolute atomic E-state index is 11.6. The lowest BCUT2D eigenvalue weighted by Crippen LogP contribution is -2.08. The molecule has 0 atom stereocenters. The van der Waals surface area contributed by atoms with Crippen molar-refractivity contribution in [1.29, 1.82) is 0 Å². The van der Waals surface area contributed by atoms with E-state index < -0.39 is 11.6 Å². The summed E-state index contributed by atoms with van der Waals surface area (Å²) in [5.74, 6) is -0.593. The van der Waals surface area contributed by atoms with Gasteiger partial charge >= 0.3 is 11.6 Å². The van der Waals surface area contributed by atoms with Crippen molar-refractivity contribution in [2.75, 3.05) is 7.11 Å². The zero-order valence-corrected chi connectivity index (χ0v) is 10.00. The molecule has 0 aliphatic rings. The van der Waals surface area contributed by atoms with Gasteiger partial charge in [0.25, 0.3) is 0 Å². The maximum atomic E-state index is 11.6. The molecule has 0 radical (unpaired) electrons. The summed E-state index contributed by atoms with van der Waals surface area (Å²) in [6.07, 6.45) is 0. The van der Waals surface area contributed by atoms with Crippen LogP contribution in [-0.2, 0) is 4.74 Å². The van der Waals surface area contributed by atoms with Crippen molar-refractivity contribution in [2.24, 2.45) is 0 Å². The van der Waals surface area contributed by atoms with Crippen LogP contribution in [0.1, 0.15) is 15.9 Å². The molecule has 0 saturated carbocycles. The number of hydrogen-bond donors (Lipinski definition) is 0. The lowest BCUT2D eigenvalue weighted by molar-refractivity contribution is 0.0602. The number of carbonyl (C=O) groups is 1. The zero-order chi connectivity index (χ0) is 12.6. The van der Waals surface area contributed by atoms with Gasteiger partial charge in [-0.2, -0.15) is 0 Å². The van der Waals surface area contributed by atoms with Crippen LogP contribution in [0, 0.1) is 6.92 Å². The van der Waals surface area contributed by atoms with Crippen LogP contribution >= 0.6 is 11.6 Å². The van der Waals surface area contributed by atoms with Crippen molar-refractivity contribution in [3.63, 3.8) is 0 Å². The Bertz CT molecular complexity index is 657. The van der Waals surface area contributed by atoms with Crippen LogP contribution in [0.5, 0.6) is 0 Å². The van der Waals surface area contributed by atoms with E-state index >= 15 is 0 Å². The molecule has 0 aliphatic heterocycles. The van der Waals surface area contributed by atoms with Gasteiger partial charge in [0.2, 0.25) is 0 Å². The molecule has 0 N–H and O–H groups in total. The molecule has 1 heterocycles. The second-order valence-electron chi connectivity index (χ2n) is 3.57. The molecule has 0 aliphatic carbocycles.